The summed E-state index contributed by atoms with van der Waals surface area (Å²) < 4.78 is 11.1. The van der Waals surface area contributed by atoms with Gasteiger partial charge in [-0.15, -0.1) is 10.2 Å². The zero-order valence-corrected chi connectivity index (χ0v) is 19.6. The molecule has 4 rings (SSSR count). The lowest BCUT2D eigenvalue weighted by Crippen LogP contribution is -2.49. The smallest absolute Gasteiger partial charge is 0.276 e. The number of nitrogens with zero attached hydrogens (tertiary/aromatic N) is 2. The molecule has 2 fully saturated rings. The molecule has 0 unspecified atom stereocenters. The van der Waals surface area contributed by atoms with E-state index in [2.05, 4.69) is 37.5 Å². The Balaban J connectivity index is 1.40. The number of hydrogen-bond donors (Lipinski definition) is 0. The minimum atomic E-state index is 0.376. The number of aromatic nitrogens is 2. The minimum Gasteiger partial charge on any atom is -0.497 e. The van der Waals surface area contributed by atoms with Crippen LogP contribution < -0.4 is 4.74 Å². The van der Waals surface area contributed by atoms with E-state index < -0.39 is 0 Å². The maximum Gasteiger partial charge on any atom is 0.276 e. The molecule has 0 radical (unpaired) electrons. The zero-order chi connectivity index (χ0) is 21.4. The van der Waals surface area contributed by atoms with Crippen molar-refractivity contribution in [1.29, 1.82) is 0 Å². The van der Waals surface area contributed by atoms with Crippen LogP contribution in [0.2, 0.25) is 0 Å². The van der Waals surface area contributed by atoms with E-state index >= 15 is 0 Å². The Morgan fingerprint density at radius 2 is 1.93 bits per heavy atom. The number of fused-ring (bicyclic) bond motifs is 1. The van der Waals surface area contributed by atoms with Crippen molar-refractivity contribution in [1.82, 2.24) is 10.2 Å². The van der Waals surface area contributed by atoms with Crippen molar-refractivity contribution in [2.75, 3.05) is 12.9 Å². The molecule has 5 heteroatoms. The minimum absolute atomic E-state index is 0.376. The van der Waals surface area contributed by atoms with Crippen LogP contribution in [0, 0.1) is 22.7 Å². The summed E-state index contributed by atoms with van der Waals surface area (Å²) in [6.07, 6.45) is 7.65. The molecule has 2 aliphatic rings. The maximum atomic E-state index is 5.90. The molecule has 1 aromatic heterocycles. The van der Waals surface area contributed by atoms with Crippen LogP contribution in [0.3, 0.4) is 0 Å². The summed E-state index contributed by atoms with van der Waals surface area (Å²) in [5, 5.41) is 9.12. The number of thioether (sulfide) groups is 1. The van der Waals surface area contributed by atoms with Crippen LogP contribution in [0.15, 0.2) is 46.1 Å². The van der Waals surface area contributed by atoms with Gasteiger partial charge in [0.15, 0.2) is 0 Å². The standard InChI is InChI=1S/C25H34N2O2S/c1-17-7-12-21-24(2,3)14-6-15-25(21,4)20(17)13-16-30-23-27-26-22(29-23)18-8-10-19(28-5)11-9-18/h8-11,20-21H,1,6-7,12-16H2,2-5H3/t20-,21+,25+/m0/s1. The lowest BCUT2D eigenvalue weighted by atomic mass is 9.47. The number of methoxy groups -OCH3 is 1. The SMILES string of the molecule is C=C1CC[C@@H]2C(C)(C)CCC[C@]2(C)[C@H]1CCSc1nnc(-c2ccc(OC)cc2)o1. The summed E-state index contributed by atoms with van der Waals surface area (Å²) in [5.74, 6) is 3.75. The normalized spacial score (nSPS) is 28.2. The largest absolute Gasteiger partial charge is 0.497 e. The third kappa shape index (κ3) is 4.05. The van der Waals surface area contributed by atoms with E-state index in [-0.39, 0.29) is 0 Å². The van der Waals surface area contributed by atoms with Crippen molar-refractivity contribution in [3.8, 4) is 17.2 Å². The highest BCUT2D eigenvalue weighted by Crippen LogP contribution is 2.61. The van der Waals surface area contributed by atoms with Crippen LogP contribution in [0.5, 0.6) is 5.75 Å². The van der Waals surface area contributed by atoms with Gasteiger partial charge in [-0.1, -0.05) is 51.1 Å². The Morgan fingerprint density at radius 3 is 2.67 bits per heavy atom. The average Bonchev–Trinajstić information content (AvgIpc) is 3.18. The first-order valence-corrected chi connectivity index (χ1v) is 12.1. The van der Waals surface area contributed by atoms with Crippen LogP contribution in [0.4, 0.5) is 0 Å². The summed E-state index contributed by atoms with van der Waals surface area (Å²) in [7, 11) is 1.66. The van der Waals surface area contributed by atoms with E-state index in [4.69, 9.17) is 9.15 Å². The predicted molar refractivity (Wildman–Crippen MR) is 123 cm³/mol. The van der Waals surface area contributed by atoms with Gasteiger partial charge in [0.25, 0.3) is 5.22 Å². The van der Waals surface area contributed by atoms with E-state index in [1.807, 2.05) is 24.3 Å². The van der Waals surface area contributed by atoms with Crippen LogP contribution in [0.1, 0.15) is 59.3 Å². The van der Waals surface area contributed by atoms with Crippen molar-refractivity contribution in [3.63, 3.8) is 0 Å². The fourth-order valence-electron chi connectivity index (χ4n) is 6.19. The van der Waals surface area contributed by atoms with Gasteiger partial charge in [0.1, 0.15) is 5.75 Å². The van der Waals surface area contributed by atoms with E-state index in [0.717, 1.165) is 29.4 Å². The third-order valence-corrected chi connectivity index (χ3v) is 8.55. The summed E-state index contributed by atoms with van der Waals surface area (Å²) >= 11 is 1.67. The average molecular weight is 427 g/mol. The Kier molecular flexibility index (Phi) is 6.02. The lowest BCUT2D eigenvalue weighted by Gasteiger charge is -2.58. The van der Waals surface area contributed by atoms with Gasteiger partial charge in [0.05, 0.1) is 7.11 Å². The molecule has 162 valence electrons. The lowest BCUT2D eigenvalue weighted by molar-refractivity contribution is -0.0524. The first kappa shape index (κ1) is 21.5. The van der Waals surface area contributed by atoms with Gasteiger partial charge in [-0.05, 0) is 79.0 Å². The summed E-state index contributed by atoms with van der Waals surface area (Å²) in [6, 6.07) is 7.70. The van der Waals surface area contributed by atoms with Crippen LogP contribution in [-0.4, -0.2) is 23.1 Å². The third-order valence-electron chi connectivity index (χ3n) is 7.69. The van der Waals surface area contributed by atoms with E-state index in [1.54, 1.807) is 18.9 Å². The van der Waals surface area contributed by atoms with Crippen molar-refractivity contribution in [2.24, 2.45) is 22.7 Å². The van der Waals surface area contributed by atoms with Crippen molar-refractivity contribution >= 4 is 11.8 Å². The molecule has 2 saturated carbocycles. The van der Waals surface area contributed by atoms with Crippen LogP contribution in [-0.2, 0) is 0 Å². The Bertz CT molecular complexity index is 889. The zero-order valence-electron chi connectivity index (χ0n) is 18.7. The molecule has 0 spiro atoms. The topological polar surface area (TPSA) is 48.2 Å². The second-order valence-corrected chi connectivity index (χ2v) is 10.9. The van der Waals surface area contributed by atoms with E-state index in [9.17, 15) is 0 Å². The Morgan fingerprint density at radius 1 is 1.17 bits per heavy atom. The molecule has 30 heavy (non-hydrogen) atoms. The first-order valence-electron chi connectivity index (χ1n) is 11.1. The van der Waals surface area contributed by atoms with Gasteiger partial charge in [-0.2, -0.15) is 0 Å². The van der Waals surface area contributed by atoms with Gasteiger partial charge in [0.2, 0.25) is 5.89 Å². The molecule has 0 bridgehead atoms. The van der Waals surface area contributed by atoms with Gasteiger partial charge >= 0.3 is 0 Å². The molecule has 0 amide bonds. The van der Waals surface area contributed by atoms with Crippen molar-refractivity contribution in [2.45, 2.75) is 64.5 Å². The monoisotopic (exact) mass is 426 g/mol. The van der Waals surface area contributed by atoms with Gasteiger partial charge in [-0.3, -0.25) is 0 Å². The van der Waals surface area contributed by atoms with Crippen molar-refractivity contribution < 1.29 is 9.15 Å². The molecular weight excluding hydrogens is 392 g/mol. The van der Waals surface area contributed by atoms with E-state index in [1.165, 1.54) is 37.7 Å². The summed E-state index contributed by atoms with van der Waals surface area (Å²) in [4.78, 5) is 0. The molecule has 0 N–H and O–H groups in total. The summed E-state index contributed by atoms with van der Waals surface area (Å²) in [5.41, 5.74) is 3.19. The predicted octanol–water partition coefficient (Wildman–Crippen LogP) is 7.03. The van der Waals surface area contributed by atoms with Crippen molar-refractivity contribution in [3.05, 3.63) is 36.4 Å². The highest BCUT2D eigenvalue weighted by Gasteiger charge is 2.52. The molecule has 2 aromatic rings. The molecule has 2 aliphatic carbocycles. The highest BCUT2D eigenvalue weighted by molar-refractivity contribution is 7.99. The quantitative estimate of drug-likeness (QED) is 0.367. The fraction of sp³-hybridized carbons (Fsp3) is 0.600. The van der Waals surface area contributed by atoms with Crippen LogP contribution in [0.25, 0.3) is 11.5 Å². The molecule has 1 aromatic carbocycles. The highest BCUT2D eigenvalue weighted by atomic mass is 32.2. The number of ether oxygens (including phenoxy) is 1. The number of allylic oxidation sites excluding steroid dienone is 1. The Hall–Kier alpha value is -1.75. The number of hydrogen-bond acceptors (Lipinski definition) is 5. The summed E-state index contributed by atoms with van der Waals surface area (Å²) in [6.45, 7) is 12.0. The number of benzene rings is 1. The second-order valence-electron chi connectivity index (χ2n) is 9.89. The molecule has 4 nitrogen and oxygen atoms in total. The Labute approximate surface area is 184 Å². The molecule has 0 saturated heterocycles. The molecule has 1 heterocycles. The van der Waals surface area contributed by atoms with Gasteiger partial charge < -0.3 is 9.15 Å². The van der Waals surface area contributed by atoms with Gasteiger partial charge in [-0.25, -0.2) is 0 Å². The van der Waals surface area contributed by atoms with Crippen LogP contribution >= 0.6 is 11.8 Å². The number of rotatable bonds is 6. The molecular formula is C25H34N2O2S. The van der Waals surface area contributed by atoms with E-state index in [0.29, 0.717) is 27.9 Å². The fourth-order valence-corrected chi connectivity index (χ4v) is 6.95. The first-order chi connectivity index (χ1) is 14.3. The molecule has 0 aliphatic heterocycles. The maximum absolute atomic E-state index is 5.90. The van der Waals surface area contributed by atoms with Gasteiger partial charge in [0, 0.05) is 11.3 Å². The second kappa shape index (κ2) is 8.41. The molecule has 3 atom stereocenters.